The first kappa shape index (κ1) is 17.3. The van der Waals surface area contributed by atoms with E-state index in [0.29, 0.717) is 11.5 Å². The SMILES string of the molecule is Cc1cccc(OC(=O)Oc2cccc3c2ccc2c4ccccc4ccc32)c1. The van der Waals surface area contributed by atoms with Gasteiger partial charge in [0.05, 0.1) is 0 Å². The number of hydrogen-bond acceptors (Lipinski definition) is 3. The van der Waals surface area contributed by atoms with Crippen LogP contribution in [0.5, 0.6) is 11.5 Å². The average molecular weight is 378 g/mol. The van der Waals surface area contributed by atoms with Crippen LogP contribution in [-0.2, 0) is 0 Å². The van der Waals surface area contributed by atoms with Gasteiger partial charge in [-0.25, -0.2) is 4.79 Å². The molecule has 0 radical (unpaired) electrons. The van der Waals surface area contributed by atoms with Gasteiger partial charge in [-0.2, -0.15) is 0 Å². The smallest absolute Gasteiger partial charge is 0.395 e. The van der Waals surface area contributed by atoms with E-state index in [-0.39, 0.29) is 0 Å². The Hall–Kier alpha value is -3.85. The third-order valence-corrected chi connectivity index (χ3v) is 5.13. The predicted molar refractivity (Wildman–Crippen MR) is 117 cm³/mol. The molecule has 0 fully saturated rings. The van der Waals surface area contributed by atoms with E-state index in [2.05, 4.69) is 30.3 Å². The second kappa shape index (κ2) is 6.95. The van der Waals surface area contributed by atoms with Gasteiger partial charge in [-0.15, -0.1) is 0 Å². The molecule has 0 heterocycles. The Bertz CT molecular complexity index is 1390. The van der Waals surface area contributed by atoms with Gasteiger partial charge >= 0.3 is 6.16 Å². The summed E-state index contributed by atoms with van der Waals surface area (Å²) in [4.78, 5) is 12.3. The van der Waals surface area contributed by atoms with Crippen molar-refractivity contribution in [3.05, 3.63) is 96.6 Å². The lowest BCUT2D eigenvalue weighted by Gasteiger charge is -2.11. The van der Waals surface area contributed by atoms with Crippen LogP contribution in [0, 0.1) is 6.92 Å². The first-order valence-corrected chi connectivity index (χ1v) is 9.48. The van der Waals surface area contributed by atoms with Gasteiger partial charge < -0.3 is 9.47 Å². The van der Waals surface area contributed by atoms with Crippen molar-refractivity contribution in [1.29, 1.82) is 0 Å². The minimum Gasteiger partial charge on any atom is -0.395 e. The van der Waals surface area contributed by atoms with Crippen molar-refractivity contribution < 1.29 is 14.3 Å². The average Bonchev–Trinajstić information content (AvgIpc) is 2.73. The second-order valence-corrected chi connectivity index (χ2v) is 7.07. The van der Waals surface area contributed by atoms with E-state index in [0.717, 1.165) is 21.7 Å². The molecule has 0 aliphatic rings. The molecule has 3 nitrogen and oxygen atoms in total. The van der Waals surface area contributed by atoms with Crippen LogP contribution >= 0.6 is 0 Å². The minimum absolute atomic E-state index is 0.465. The van der Waals surface area contributed by atoms with Crippen LogP contribution in [-0.4, -0.2) is 6.16 Å². The number of carbonyl (C=O) groups is 1. The van der Waals surface area contributed by atoms with Crippen molar-refractivity contribution in [1.82, 2.24) is 0 Å². The Morgan fingerprint density at radius 2 is 1.31 bits per heavy atom. The molecule has 3 heteroatoms. The third kappa shape index (κ3) is 3.17. The number of carbonyl (C=O) groups excluding carboxylic acids is 1. The van der Waals surface area contributed by atoms with Gasteiger partial charge in [-0.3, -0.25) is 0 Å². The monoisotopic (exact) mass is 378 g/mol. The molecule has 5 aromatic rings. The quantitative estimate of drug-likeness (QED) is 0.188. The fourth-order valence-electron chi connectivity index (χ4n) is 3.80. The highest BCUT2D eigenvalue weighted by Gasteiger charge is 2.13. The first-order chi connectivity index (χ1) is 14.2. The third-order valence-electron chi connectivity index (χ3n) is 5.13. The van der Waals surface area contributed by atoms with Crippen molar-refractivity contribution in [2.24, 2.45) is 0 Å². The number of hydrogen-bond donors (Lipinski definition) is 0. The maximum Gasteiger partial charge on any atom is 0.519 e. The van der Waals surface area contributed by atoms with E-state index in [1.807, 2.05) is 49.4 Å². The lowest BCUT2D eigenvalue weighted by atomic mass is 9.97. The lowest BCUT2D eigenvalue weighted by Crippen LogP contribution is -2.14. The lowest BCUT2D eigenvalue weighted by molar-refractivity contribution is 0.152. The van der Waals surface area contributed by atoms with Crippen LogP contribution in [0.2, 0.25) is 0 Å². The highest BCUT2D eigenvalue weighted by molar-refractivity contribution is 6.18. The highest BCUT2D eigenvalue weighted by Crippen LogP contribution is 2.35. The molecule has 0 amide bonds. The molecule has 0 aromatic heterocycles. The second-order valence-electron chi connectivity index (χ2n) is 7.07. The Morgan fingerprint density at radius 3 is 2.21 bits per heavy atom. The Balaban J connectivity index is 1.55. The molecule has 140 valence electrons. The zero-order valence-electron chi connectivity index (χ0n) is 15.9. The summed E-state index contributed by atoms with van der Waals surface area (Å²) in [5.74, 6) is 0.947. The summed E-state index contributed by atoms with van der Waals surface area (Å²) in [6.07, 6.45) is -0.748. The molecule has 5 aromatic carbocycles. The molecule has 0 N–H and O–H groups in total. The highest BCUT2D eigenvalue weighted by atomic mass is 16.7. The molecule has 0 atom stereocenters. The summed E-state index contributed by atoms with van der Waals surface area (Å²) in [6, 6.07) is 29.7. The Labute approximate surface area is 168 Å². The largest absolute Gasteiger partial charge is 0.519 e. The minimum atomic E-state index is -0.748. The molecule has 5 rings (SSSR count). The number of benzene rings is 5. The van der Waals surface area contributed by atoms with Gasteiger partial charge in [0.25, 0.3) is 0 Å². The zero-order chi connectivity index (χ0) is 19.8. The summed E-state index contributed by atoms with van der Waals surface area (Å²) in [5, 5.41) is 6.62. The fraction of sp³-hybridized carbons (Fsp3) is 0.0385. The standard InChI is InChI=1S/C26H18O3/c1-17-6-4-8-19(16-17)28-26(27)29-25-11-5-10-21-23-13-12-18-7-2-3-9-20(18)22(23)14-15-24(21)25/h2-16H,1H3. The number of aryl methyl sites for hydroxylation is 1. The molecular weight excluding hydrogens is 360 g/mol. The van der Waals surface area contributed by atoms with Gasteiger partial charge in [-0.1, -0.05) is 66.7 Å². The van der Waals surface area contributed by atoms with E-state index in [9.17, 15) is 4.79 Å². The summed E-state index contributed by atoms with van der Waals surface area (Å²) in [5.41, 5.74) is 1.01. The van der Waals surface area contributed by atoms with Crippen molar-refractivity contribution in [2.45, 2.75) is 6.92 Å². The zero-order valence-corrected chi connectivity index (χ0v) is 15.9. The number of fused-ring (bicyclic) bond motifs is 5. The topological polar surface area (TPSA) is 35.5 Å². The fourth-order valence-corrected chi connectivity index (χ4v) is 3.80. The summed E-state index contributed by atoms with van der Waals surface area (Å²) < 4.78 is 10.9. The molecule has 0 saturated heterocycles. The van der Waals surface area contributed by atoms with E-state index < -0.39 is 6.16 Å². The molecule has 0 aliphatic heterocycles. The van der Waals surface area contributed by atoms with E-state index in [1.54, 1.807) is 18.2 Å². The molecular formula is C26H18O3. The van der Waals surface area contributed by atoms with Gasteiger partial charge in [-0.05, 0) is 63.7 Å². The first-order valence-electron chi connectivity index (χ1n) is 9.48. The molecule has 0 spiro atoms. The molecule has 0 aliphatic carbocycles. The molecule has 29 heavy (non-hydrogen) atoms. The van der Waals surface area contributed by atoms with Crippen LogP contribution in [0.3, 0.4) is 0 Å². The normalized spacial score (nSPS) is 11.1. The Morgan fingerprint density at radius 1 is 0.621 bits per heavy atom. The van der Waals surface area contributed by atoms with Crippen LogP contribution in [0.4, 0.5) is 4.79 Å². The Kier molecular flexibility index (Phi) is 4.14. The van der Waals surface area contributed by atoms with Gasteiger partial charge in [0.1, 0.15) is 11.5 Å². The van der Waals surface area contributed by atoms with Crippen LogP contribution in [0.15, 0.2) is 91.0 Å². The van der Waals surface area contributed by atoms with Crippen molar-refractivity contribution in [2.75, 3.05) is 0 Å². The van der Waals surface area contributed by atoms with E-state index in [4.69, 9.17) is 9.47 Å². The molecule has 0 saturated carbocycles. The van der Waals surface area contributed by atoms with Crippen molar-refractivity contribution in [3.8, 4) is 11.5 Å². The maximum absolute atomic E-state index is 12.3. The summed E-state index contributed by atoms with van der Waals surface area (Å²) >= 11 is 0. The van der Waals surface area contributed by atoms with Crippen molar-refractivity contribution >= 4 is 38.5 Å². The number of rotatable bonds is 2. The van der Waals surface area contributed by atoms with Crippen LogP contribution in [0.25, 0.3) is 32.3 Å². The van der Waals surface area contributed by atoms with Gasteiger partial charge in [0.15, 0.2) is 0 Å². The predicted octanol–water partition coefficient (Wildman–Crippen LogP) is 7.03. The van der Waals surface area contributed by atoms with Crippen molar-refractivity contribution in [3.63, 3.8) is 0 Å². The van der Waals surface area contributed by atoms with Gasteiger partial charge in [0, 0.05) is 5.39 Å². The van der Waals surface area contributed by atoms with E-state index >= 15 is 0 Å². The molecule has 0 unspecified atom stereocenters. The van der Waals surface area contributed by atoms with Crippen LogP contribution in [0.1, 0.15) is 5.56 Å². The maximum atomic E-state index is 12.3. The molecule has 0 bridgehead atoms. The summed E-state index contributed by atoms with van der Waals surface area (Å²) in [6.45, 7) is 1.94. The van der Waals surface area contributed by atoms with Gasteiger partial charge in [0.2, 0.25) is 0 Å². The van der Waals surface area contributed by atoms with E-state index in [1.165, 1.54) is 16.2 Å². The summed E-state index contributed by atoms with van der Waals surface area (Å²) in [7, 11) is 0. The number of ether oxygens (including phenoxy) is 2. The van der Waals surface area contributed by atoms with Crippen LogP contribution < -0.4 is 9.47 Å².